The Bertz CT molecular complexity index is 1150. The fraction of sp³-hybridized carbons (Fsp3) is 0.357. The summed E-state index contributed by atoms with van der Waals surface area (Å²) in [6.45, 7) is 2.43. The molecule has 8 heteroatoms. The first kappa shape index (κ1) is 25.2. The number of hydrogen-bond donors (Lipinski definition) is 1. The lowest BCUT2D eigenvalue weighted by molar-refractivity contribution is -0.123. The van der Waals surface area contributed by atoms with Crippen molar-refractivity contribution in [3.05, 3.63) is 72.2 Å². The maximum absolute atomic E-state index is 13.9. The van der Waals surface area contributed by atoms with Crippen molar-refractivity contribution in [1.29, 1.82) is 0 Å². The van der Waals surface area contributed by atoms with Gasteiger partial charge in [0.1, 0.15) is 23.3 Å². The van der Waals surface area contributed by atoms with Gasteiger partial charge in [0.2, 0.25) is 5.91 Å². The van der Waals surface area contributed by atoms with Crippen LogP contribution in [0.25, 0.3) is 0 Å². The number of hydrogen-bond acceptors (Lipinski definition) is 6. The third-order valence-corrected chi connectivity index (χ3v) is 6.31. The number of benzene rings is 2. The number of methoxy groups -OCH3 is 2. The second-order valence-electron chi connectivity index (χ2n) is 8.58. The Morgan fingerprint density at radius 3 is 2.36 bits per heavy atom. The molecule has 1 heterocycles. The van der Waals surface area contributed by atoms with Crippen molar-refractivity contribution in [1.82, 2.24) is 5.32 Å². The van der Waals surface area contributed by atoms with E-state index >= 15 is 0 Å². The Kier molecular flexibility index (Phi) is 8.15. The molecule has 1 atom stereocenters. The molecule has 0 bridgehead atoms. The van der Waals surface area contributed by atoms with E-state index in [0.717, 1.165) is 25.7 Å². The molecule has 1 aliphatic rings. The van der Waals surface area contributed by atoms with E-state index in [0.29, 0.717) is 35.1 Å². The molecule has 1 aromatic heterocycles. The maximum Gasteiger partial charge on any atom is 0.295 e. The van der Waals surface area contributed by atoms with Crippen LogP contribution in [0.4, 0.5) is 5.69 Å². The van der Waals surface area contributed by atoms with Gasteiger partial charge in [0, 0.05) is 12.1 Å². The van der Waals surface area contributed by atoms with Crippen LogP contribution >= 0.6 is 0 Å². The van der Waals surface area contributed by atoms with Crippen LogP contribution in [0.1, 0.15) is 54.8 Å². The van der Waals surface area contributed by atoms with Gasteiger partial charge in [0.05, 0.1) is 32.8 Å². The van der Waals surface area contributed by atoms with Gasteiger partial charge in [-0.25, -0.2) is 0 Å². The SMILES string of the molecule is CCOc1ccc([C@@H](C(=O)NC2CCCC2)N(C(=O)c2ccco2)c2ccc(OC)cc2OC)cc1. The van der Waals surface area contributed by atoms with Crippen LogP contribution < -0.4 is 24.4 Å². The molecule has 3 aromatic rings. The topological polar surface area (TPSA) is 90.2 Å². The van der Waals surface area contributed by atoms with E-state index < -0.39 is 11.9 Å². The number of carbonyl (C=O) groups is 2. The van der Waals surface area contributed by atoms with E-state index in [9.17, 15) is 9.59 Å². The highest BCUT2D eigenvalue weighted by molar-refractivity contribution is 6.09. The van der Waals surface area contributed by atoms with Crippen LogP contribution in [-0.2, 0) is 4.79 Å². The molecule has 2 aromatic carbocycles. The molecule has 8 nitrogen and oxygen atoms in total. The number of carbonyl (C=O) groups excluding carboxylic acids is 2. The zero-order valence-corrected chi connectivity index (χ0v) is 20.9. The molecule has 0 spiro atoms. The predicted octanol–water partition coefficient (Wildman–Crippen LogP) is 5.14. The molecule has 36 heavy (non-hydrogen) atoms. The smallest absolute Gasteiger partial charge is 0.295 e. The second kappa shape index (κ2) is 11.7. The lowest BCUT2D eigenvalue weighted by Gasteiger charge is -2.32. The van der Waals surface area contributed by atoms with Gasteiger partial charge in [-0.15, -0.1) is 0 Å². The fourth-order valence-corrected chi connectivity index (χ4v) is 4.55. The molecule has 4 rings (SSSR count). The molecule has 0 unspecified atom stereocenters. The van der Waals surface area contributed by atoms with E-state index in [1.807, 2.05) is 19.1 Å². The molecule has 0 aliphatic heterocycles. The quantitative estimate of drug-likeness (QED) is 0.421. The summed E-state index contributed by atoms with van der Waals surface area (Å²) in [5.41, 5.74) is 1.05. The lowest BCUT2D eigenvalue weighted by atomic mass is 10.0. The molecule has 190 valence electrons. The summed E-state index contributed by atoms with van der Waals surface area (Å²) in [6, 6.07) is 14.6. The standard InChI is InChI=1S/C28H32N2O6/c1-4-35-21-13-11-19(12-14-21)26(27(31)29-20-8-5-6-9-20)30(28(32)24-10-7-17-36-24)23-16-15-22(33-2)18-25(23)34-3/h7,10-18,20,26H,4-6,8-9H2,1-3H3,(H,29,31)/t26-/m0/s1. The molecule has 1 saturated carbocycles. The maximum atomic E-state index is 13.9. The first-order valence-corrected chi connectivity index (χ1v) is 12.2. The first-order chi connectivity index (χ1) is 17.5. The number of rotatable bonds is 10. The van der Waals surface area contributed by atoms with Crippen LogP contribution in [0.15, 0.2) is 65.3 Å². The van der Waals surface area contributed by atoms with Crippen LogP contribution in [0.3, 0.4) is 0 Å². The zero-order valence-electron chi connectivity index (χ0n) is 20.9. The van der Waals surface area contributed by atoms with Gasteiger partial charge in [-0.3, -0.25) is 14.5 Å². The summed E-state index contributed by atoms with van der Waals surface area (Å²) < 4.78 is 22.0. The van der Waals surface area contributed by atoms with Gasteiger partial charge < -0.3 is 23.9 Å². The van der Waals surface area contributed by atoms with Crippen molar-refractivity contribution in [2.75, 3.05) is 25.7 Å². The van der Waals surface area contributed by atoms with E-state index in [1.54, 1.807) is 49.6 Å². The van der Waals surface area contributed by atoms with Crippen LogP contribution in [0.5, 0.6) is 17.2 Å². The minimum atomic E-state index is -0.985. The summed E-state index contributed by atoms with van der Waals surface area (Å²) in [5.74, 6) is 1.00. The Hall–Kier alpha value is -3.94. The van der Waals surface area contributed by atoms with Gasteiger partial charge in [0.15, 0.2) is 5.76 Å². The van der Waals surface area contributed by atoms with E-state index in [2.05, 4.69) is 5.32 Å². The summed E-state index contributed by atoms with van der Waals surface area (Å²) >= 11 is 0. The molecular weight excluding hydrogens is 460 g/mol. The zero-order chi connectivity index (χ0) is 25.5. The van der Waals surface area contributed by atoms with Crippen LogP contribution in [0.2, 0.25) is 0 Å². The average Bonchev–Trinajstić information content (AvgIpc) is 3.62. The number of nitrogens with zero attached hydrogens (tertiary/aromatic N) is 1. The number of furan rings is 1. The summed E-state index contributed by atoms with van der Waals surface area (Å²) in [5, 5.41) is 3.17. The average molecular weight is 493 g/mol. The van der Waals surface area contributed by atoms with Crippen molar-refractivity contribution < 1.29 is 28.2 Å². The van der Waals surface area contributed by atoms with Crippen LogP contribution in [-0.4, -0.2) is 38.7 Å². The van der Waals surface area contributed by atoms with Crippen molar-refractivity contribution in [3.8, 4) is 17.2 Å². The number of amides is 2. The third kappa shape index (κ3) is 5.48. The normalized spacial score (nSPS) is 14.2. The Labute approximate surface area is 211 Å². The highest BCUT2D eigenvalue weighted by Crippen LogP contribution is 2.39. The molecule has 0 saturated heterocycles. The monoisotopic (exact) mass is 492 g/mol. The molecule has 1 aliphatic carbocycles. The van der Waals surface area contributed by atoms with Crippen molar-refractivity contribution in [2.45, 2.75) is 44.7 Å². The Balaban J connectivity index is 1.84. The molecular formula is C28H32N2O6. The summed E-state index contributed by atoms with van der Waals surface area (Å²) in [4.78, 5) is 29.2. The largest absolute Gasteiger partial charge is 0.497 e. The molecule has 2 amide bonds. The minimum Gasteiger partial charge on any atom is -0.497 e. The highest BCUT2D eigenvalue weighted by atomic mass is 16.5. The summed E-state index contributed by atoms with van der Waals surface area (Å²) in [6.07, 6.45) is 5.40. The lowest BCUT2D eigenvalue weighted by Crippen LogP contribution is -2.46. The predicted molar refractivity (Wildman–Crippen MR) is 136 cm³/mol. The van der Waals surface area contributed by atoms with Gasteiger partial charge in [-0.1, -0.05) is 25.0 Å². The van der Waals surface area contributed by atoms with Gasteiger partial charge in [-0.05, 0) is 61.7 Å². The van der Waals surface area contributed by atoms with Gasteiger partial charge in [-0.2, -0.15) is 0 Å². The fourth-order valence-electron chi connectivity index (χ4n) is 4.55. The second-order valence-corrected chi connectivity index (χ2v) is 8.58. The first-order valence-electron chi connectivity index (χ1n) is 12.2. The summed E-state index contributed by atoms with van der Waals surface area (Å²) in [7, 11) is 3.07. The van der Waals surface area contributed by atoms with Crippen LogP contribution in [0, 0.1) is 0 Å². The van der Waals surface area contributed by atoms with E-state index in [1.165, 1.54) is 18.3 Å². The van der Waals surface area contributed by atoms with Crippen molar-refractivity contribution in [3.63, 3.8) is 0 Å². The van der Waals surface area contributed by atoms with Gasteiger partial charge >= 0.3 is 0 Å². The number of nitrogens with one attached hydrogen (secondary N) is 1. The number of ether oxygens (including phenoxy) is 3. The molecule has 0 radical (unpaired) electrons. The van der Waals surface area contributed by atoms with Gasteiger partial charge in [0.25, 0.3) is 5.91 Å². The van der Waals surface area contributed by atoms with Crippen molar-refractivity contribution in [2.24, 2.45) is 0 Å². The minimum absolute atomic E-state index is 0.0704. The highest BCUT2D eigenvalue weighted by Gasteiger charge is 2.37. The Morgan fingerprint density at radius 1 is 1.03 bits per heavy atom. The number of anilines is 1. The van der Waals surface area contributed by atoms with E-state index in [4.69, 9.17) is 18.6 Å². The van der Waals surface area contributed by atoms with Crippen molar-refractivity contribution >= 4 is 17.5 Å². The van der Waals surface area contributed by atoms with E-state index in [-0.39, 0.29) is 17.7 Å². The Morgan fingerprint density at radius 2 is 1.75 bits per heavy atom. The molecule has 1 N–H and O–H groups in total. The third-order valence-electron chi connectivity index (χ3n) is 6.31. The molecule has 1 fully saturated rings.